The van der Waals surface area contributed by atoms with Crippen LogP contribution in [0, 0.1) is 10.1 Å². The number of ether oxygens (including phenoxy) is 2. The Bertz CT molecular complexity index is 592. The van der Waals surface area contributed by atoms with Crippen LogP contribution in [0.3, 0.4) is 0 Å². The average Bonchev–Trinajstić information content (AvgIpc) is 2.44. The van der Waals surface area contributed by atoms with Gasteiger partial charge < -0.3 is 9.47 Å². The summed E-state index contributed by atoms with van der Waals surface area (Å²) >= 11 is 5.68. The molecule has 0 radical (unpaired) electrons. The zero-order chi connectivity index (χ0) is 14.4. The molecule has 0 bridgehead atoms. The largest absolute Gasteiger partial charge is 0.490 e. The molecule has 0 aliphatic rings. The maximum Gasteiger partial charge on any atom is 0.277 e. The van der Waals surface area contributed by atoms with Crippen molar-refractivity contribution in [3.05, 3.63) is 57.7 Å². The Hall–Kier alpha value is -2.34. The van der Waals surface area contributed by atoms with Gasteiger partial charge in [-0.1, -0.05) is 29.8 Å². The van der Waals surface area contributed by atoms with Crippen LogP contribution in [0.25, 0.3) is 0 Å². The molecule has 0 N–H and O–H groups in total. The van der Waals surface area contributed by atoms with Crippen molar-refractivity contribution in [2.75, 3.05) is 13.2 Å². The third kappa shape index (κ3) is 4.10. The Balaban J connectivity index is 1.86. The summed E-state index contributed by atoms with van der Waals surface area (Å²) in [5.74, 6) is 0.821. The molecule has 1 heterocycles. The second-order valence-corrected chi connectivity index (χ2v) is 4.14. The summed E-state index contributed by atoms with van der Waals surface area (Å²) in [7, 11) is 0. The molecule has 0 aliphatic heterocycles. The van der Waals surface area contributed by atoms with Crippen LogP contribution in [0.1, 0.15) is 0 Å². The van der Waals surface area contributed by atoms with Crippen LogP contribution in [-0.4, -0.2) is 23.1 Å². The summed E-state index contributed by atoms with van der Waals surface area (Å²) in [5, 5.41) is 10.7. The minimum absolute atomic E-state index is 0.0122. The van der Waals surface area contributed by atoms with Crippen molar-refractivity contribution in [1.29, 1.82) is 0 Å². The van der Waals surface area contributed by atoms with E-state index < -0.39 is 4.92 Å². The molecule has 0 atom stereocenters. The van der Waals surface area contributed by atoms with Crippen molar-refractivity contribution < 1.29 is 14.4 Å². The Labute approximate surface area is 120 Å². The number of halogens is 1. The van der Waals surface area contributed by atoms with Crippen molar-refractivity contribution in [2.45, 2.75) is 0 Å². The maximum absolute atomic E-state index is 10.7. The Morgan fingerprint density at radius 2 is 1.85 bits per heavy atom. The summed E-state index contributed by atoms with van der Waals surface area (Å²) in [6.07, 6.45) is 0. The van der Waals surface area contributed by atoms with E-state index in [1.807, 2.05) is 30.3 Å². The van der Waals surface area contributed by atoms with E-state index in [4.69, 9.17) is 21.1 Å². The molecule has 2 rings (SSSR count). The van der Waals surface area contributed by atoms with Gasteiger partial charge in [-0.15, -0.1) is 0 Å². The fraction of sp³-hybridized carbons (Fsp3) is 0.154. The zero-order valence-electron chi connectivity index (χ0n) is 10.4. The molecule has 104 valence electrons. The van der Waals surface area contributed by atoms with Gasteiger partial charge in [0.25, 0.3) is 5.69 Å². The standard InChI is InChI=1S/C13H11ClN2O4/c14-12-8-10(16(17)18)9-13(15-12)20-7-6-19-11-4-2-1-3-5-11/h1-5,8-9H,6-7H2. The molecule has 1 aromatic carbocycles. The molecule has 7 heteroatoms. The van der Waals surface area contributed by atoms with E-state index in [-0.39, 0.29) is 23.3 Å². The predicted molar refractivity (Wildman–Crippen MR) is 73.3 cm³/mol. The van der Waals surface area contributed by atoms with Gasteiger partial charge in [-0.05, 0) is 12.1 Å². The number of nitro groups is 1. The number of benzene rings is 1. The first kappa shape index (κ1) is 14.1. The van der Waals surface area contributed by atoms with Crippen molar-refractivity contribution in [2.24, 2.45) is 0 Å². The Kier molecular flexibility index (Phi) is 4.73. The van der Waals surface area contributed by atoms with Crippen LogP contribution in [0.2, 0.25) is 5.15 Å². The minimum atomic E-state index is -0.555. The van der Waals surface area contributed by atoms with Crippen LogP contribution < -0.4 is 9.47 Å². The van der Waals surface area contributed by atoms with E-state index >= 15 is 0 Å². The number of hydrogen-bond acceptors (Lipinski definition) is 5. The van der Waals surface area contributed by atoms with Crippen molar-refractivity contribution in [1.82, 2.24) is 4.98 Å². The topological polar surface area (TPSA) is 74.5 Å². The molecule has 0 fully saturated rings. The third-order valence-corrected chi connectivity index (χ3v) is 2.51. The molecular formula is C13H11ClN2O4. The summed E-state index contributed by atoms with van der Waals surface area (Å²) in [5.41, 5.74) is -0.163. The maximum atomic E-state index is 10.7. The van der Waals surface area contributed by atoms with Gasteiger partial charge in [-0.3, -0.25) is 10.1 Å². The van der Waals surface area contributed by atoms with Crippen molar-refractivity contribution in [3.63, 3.8) is 0 Å². The van der Waals surface area contributed by atoms with Crippen LogP contribution in [0.5, 0.6) is 11.6 Å². The van der Waals surface area contributed by atoms with E-state index in [2.05, 4.69) is 4.98 Å². The van der Waals surface area contributed by atoms with Crippen LogP contribution in [0.4, 0.5) is 5.69 Å². The highest BCUT2D eigenvalue weighted by atomic mass is 35.5. The number of nitrogens with zero attached hydrogens (tertiary/aromatic N) is 2. The normalized spacial score (nSPS) is 10.1. The Morgan fingerprint density at radius 3 is 2.55 bits per heavy atom. The van der Waals surface area contributed by atoms with Crippen molar-refractivity contribution in [3.8, 4) is 11.6 Å². The second-order valence-electron chi connectivity index (χ2n) is 3.75. The SMILES string of the molecule is O=[N+]([O-])c1cc(Cl)nc(OCCOc2ccccc2)c1. The summed E-state index contributed by atoms with van der Waals surface area (Å²) in [4.78, 5) is 13.9. The number of aromatic nitrogens is 1. The lowest BCUT2D eigenvalue weighted by molar-refractivity contribution is -0.385. The van der Waals surface area contributed by atoms with Gasteiger partial charge in [0, 0.05) is 0 Å². The van der Waals surface area contributed by atoms with Gasteiger partial charge in [0.15, 0.2) is 0 Å². The fourth-order valence-corrected chi connectivity index (χ4v) is 1.66. The molecule has 0 unspecified atom stereocenters. The highest BCUT2D eigenvalue weighted by Crippen LogP contribution is 2.21. The second kappa shape index (κ2) is 6.72. The monoisotopic (exact) mass is 294 g/mol. The molecule has 0 spiro atoms. The molecular weight excluding hydrogens is 284 g/mol. The average molecular weight is 295 g/mol. The molecule has 2 aromatic rings. The molecule has 0 saturated heterocycles. The lowest BCUT2D eigenvalue weighted by atomic mass is 10.3. The first-order chi connectivity index (χ1) is 9.65. The van der Waals surface area contributed by atoms with Gasteiger partial charge in [-0.25, -0.2) is 4.98 Å². The number of hydrogen-bond donors (Lipinski definition) is 0. The van der Waals surface area contributed by atoms with Gasteiger partial charge in [-0.2, -0.15) is 0 Å². The molecule has 6 nitrogen and oxygen atoms in total. The van der Waals surface area contributed by atoms with E-state index in [0.717, 1.165) is 11.8 Å². The smallest absolute Gasteiger partial charge is 0.277 e. The number of para-hydroxylation sites is 1. The van der Waals surface area contributed by atoms with Gasteiger partial charge in [0.05, 0.1) is 17.1 Å². The quantitative estimate of drug-likeness (QED) is 0.354. The van der Waals surface area contributed by atoms with E-state index in [1.54, 1.807) is 0 Å². The highest BCUT2D eigenvalue weighted by Gasteiger charge is 2.11. The van der Waals surface area contributed by atoms with E-state index in [0.29, 0.717) is 6.61 Å². The number of pyridine rings is 1. The minimum Gasteiger partial charge on any atom is -0.490 e. The molecule has 0 saturated carbocycles. The lowest BCUT2D eigenvalue weighted by Gasteiger charge is -2.07. The summed E-state index contributed by atoms with van der Waals surface area (Å²) < 4.78 is 10.7. The predicted octanol–water partition coefficient (Wildman–Crippen LogP) is 3.10. The summed E-state index contributed by atoms with van der Waals surface area (Å²) in [6, 6.07) is 11.6. The Morgan fingerprint density at radius 1 is 1.15 bits per heavy atom. The molecule has 0 aliphatic carbocycles. The highest BCUT2D eigenvalue weighted by molar-refractivity contribution is 6.29. The van der Waals surface area contributed by atoms with Crippen LogP contribution in [0.15, 0.2) is 42.5 Å². The van der Waals surface area contributed by atoms with Crippen LogP contribution >= 0.6 is 11.6 Å². The van der Waals surface area contributed by atoms with Gasteiger partial charge in [0.2, 0.25) is 5.88 Å². The fourth-order valence-electron chi connectivity index (χ4n) is 1.46. The molecule has 1 aromatic heterocycles. The first-order valence-corrected chi connectivity index (χ1v) is 6.15. The molecule has 20 heavy (non-hydrogen) atoms. The van der Waals surface area contributed by atoms with Crippen molar-refractivity contribution >= 4 is 17.3 Å². The summed E-state index contributed by atoms with van der Waals surface area (Å²) in [6.45, 7) is 0.505. The van der Waals surface area contributed by atoms with E-state index in [1.165, 1.54) is 6.07 Å². The van der Waals surface area contributed by atoms with Gasteiger partial charge in [0.1, 0.15) is 24.1 Å². The lowest BCUT2D eigenvalue weighted by Crippen LogP contribution is -2.09. The van der Waals surface area contributed by atoms with Gasteiger partial charge >= 0.3 is 0 Å². The van der Waals surface area contributed by atoms with Crippen LogP contribution in [-0.2, 0) is 0 Å². The number of rotatable bonds is 6. The third-order valence-electron chi connectivity index (χ3n) is 2.31. The first-order valence-electron chi connectivity index (χ1n) is 5.78. The van der Waals surface area contributed by atoms with E-state index in [9.17, 15) is 10.1 Å². The zero-order valence-corrected chi connectivity index (χ0v) is 11.1. The molecule has 0 amide bonds.